The van der Waals surface area contributed by atoms with Gasteiger partial charge in [0, 0.05) is 37.2 Å². The Morgan fingerprint density at radius 3 is 2.89 bits per heavy atom. The van der Waals surface area contributed by atoms with Crippen LogP contribution in [0.4, 0.5) is 0 Å². The van der Waals surface area contributed by atoms with Crippen LogP contribution < -0.4 is 20.7 Å². The molecule has 0 saturated carbocycles. The van der Waals surface area contributed by atoms with Gasteiger partial charge in [0.1, 0.15) is 5.75 Å². The summed E-state index contributed by atoms with van der Waals surface area (Å²) in [6.07, 6.45) is 3.16. The number of nitrogens with zero attached hydrogens (tertiary/aromatic N) is 1. The van der Waals surface area contributed by atoms with Crippen molar-refractivity contribution in [3.8, 4) is 5.75 Å². The zero-order valence-electron chi connectivity index (χ0n) is 16.5. The number of carbonyl (C=O) groups is 1. The highest BCUT2D eigenvalue weighted by Crippen LogP contribution is 2.31. The second-order valence-electron chi connectivity index (χ2n) is 6.67. The fraction of sp³-hybridized carbons (Fsp3) is 0.429. The molecule has 0 saturated heterocycles. The third-order valence-corrected chi connectivity index (χ3v) is 4.57. The Labute approximate surface area is 165 Å². The van der Waals surface area contributed by atoms with Gasteiger partial charge in [-0.2, -0.15) is 0 Å². The van der Waals surface area contributed by atoms with Crippen molar-refractivity contribution in [3.63, 3.8) is 0 Å². The molecule has 0 spiro atoms. The topological polar surface area (TPSA) is 87.9 Å². The Balaban J connectivity index is 1.49. The summed E-state index contributed by atoms with van der Waals surface area (Å²) < 4.78 is 10.9. The van der Waals surface area contributed by atoms with E-state index in [0.717, 1.165) is 42.2 Å². The summed E-state index contributed by atoms with van der Waals surface area (Å²) in [5, 5.41) is 9.65. The van der Waals surface area contributed by atoms with Crippen molar-refractivity contribution in [2.45, 2.75) is 32.7 Å². The number of benzene rings is 1. The maximum absolute atomic E-state index is 12.0. The van der Waals surface area contributed by atoms with Gasteiger partial charge in [-0.25, -0.2) is 0 Å². The molecule has 3 N–H and O–H groups in total. The summed E-state index contributed by atoms with van der Waals surface area (Å²) in [6, 6.07) is 10.0. The van der Waals surface area contributed by atoms with Gasteiger partial charge in [-0.3, -0.25) is 9.79 Å². The van der Waals surface area contributed by atoms with Crippen LogP contribution in [0.25, 0.3) is 0 Å². The van der Waals surface area contributed by atoms with Crippen molar-refractivity contribution in [1.29, 1.82) is 0 Å². The number of hydrogen-bond acceptors (Lipinski definition) is 4. The fourth-order valence-corrected chi connectivity index (χ4v) is 3.13. The van der Waals surface area contributed by atoms with Crippen LogP contribution in [-0.4, -0.2) is 38.1 Å². The minimum Gasteiger partial charge on any atom is -0.493 e. The van der Waals surface area contributed by atoms with Crippen molar-refractivity contribution in [3.05, 3.63) is 53.5 Å². The number of rotatable bonds is 7. The first kappa shape index (κ1) is 19.8. The molecule has 2 heterocycles. The minimum atomic E-state index is -0.185. The number of nitrogens with one attached hydrogen (secondary N) is 3. The van der Waals surface area contributed by atoms with Crippen LogP contribution in [0.5, 0.6) is 5.75 Å². The van der Waals surface area contributed by atoms with Crippen LogP contribution in [0.1, 0.15) is 47.5 Å². The van der Waals surface area contributed by atoms with Gasteiger partial charge in [-0.1, -0.05) is 18.2 Å². The number of hydrogen-bond donors (Lipinski definition) is 3. The highest BCUT2D eigenvalue weighted by Gasteiger charge is 2.21. The molecule has 1 amide bonds. The first-order valence-corrected chi connectivity index (χ1v) is 9.78. The Bertz CT molecular complexity index is 815. The molecular formula is C21H28N4O3. The number of furan rings is 1. The molecule has 1 atom stereocenters. The highest BCUT2D eigenvalue weighted by molar-refractivity contribution is 5.92. The first-order valence-electron chi connectivity index (χ1n) is 9.78. The predicted octanol–water partition coefficient (Wildman–Crippen LogP) is 2.79. The van der Waals surface area contributed by atoms with E-state index in [1.165, 1.54) is 6.26 Å². The highest BCUT2D eigenvalue weighted by atomic mass is 16.5. The third kappa shape index (κ3) is 5.06. The van der Waals surface area contributed by atoms with Crippen LogP contribution in [0.3, 0.4) is 0 Å². The van der Waals surface area contributed by atoms with Crippen molar-refractivity contribution < 1.29 is 13.9 Å². The van der Waals surface area contributed by atoms with Gasteiger partial charge >= 0.3 is 0 Å². The van der Waals surface area contributed by atoms with Crippen LogP contribution in [0, 0.1) is 6.92 Å². The summed E-state index contributed by atoms with van der Waals surface area (Å²) in [7, 11) is 0. The smallest absolute Gasteiger partial charge is 0.287 e. The summed E-state index contributed by atoms with van der Waals surface area (Å²) in [4.78, 5) is 16.7. The Morgan fingerprint density at radius 2 is 2.11 bits per heavy atom. The Morgan fingerprint density at radius 1 is 1.25 bits per heavy atom. The molecule has 1 aliphatic heterocycles. The molecule has 0 radical (unpaired) electrons. The minimum absolute atomic E-state index is 0.171. The van der Waals surface area contributed by atoms with Gasteiger partial charge in [0.15, 0.2) is 11.7 Å². The number of guanidine groups is 1. The normalized spacial score (nSPS) is 16.1. The molecule has 150 valence electrons. The Hall–Kier alpha value is -2.96. The lowest BCUT2D eigenvalue weighted by Gasteiger charge is -2.28. The summed E-state index contributed by atoms with van der Waals surface area (Å²) in [5.41, 5.74) is 1.99. The van der Waals surface area contributed by atoms with Crippen LogP contribution in [0.2, 0.25) is 0 Å². The molecule has 7 heteroatoms. The summed E-state index contributed by atoms with van der Waals surface area (Å²) in [5.74, 6) is 1.89. The molecule has 2 aromatic rings. The zero-order valence-corrected chi connectivity index (χ0v) is 16.5. The average Bonchev–Trinajstić information content (AvgIpc) is 3.14. The molecule has 0 aliphatic carbocycles. The van der Waals surface area contributed by atoms with Crippen molar-refractivity contribution in [1.82, 2.24) is 16.0 Å². The number of aliphatic imine (C=N–C) groups is 1. The number of fused-ring (bicyclic) bond motifs is 1. The molecule has 3 rings (SSSR count). The maximum Gasteiger partial charge on any atom is 0.287 e. The second kappa shape index (κ2) is 9.82. The van der Waals surface area contributed by atoms with E-state index in [-0.39, 0.29) is 11.9 Å². The predicted molar refractivity (Wildman–Crippen MR) is 109 cm³/mol. The van der Waals surface area contributed by atoms with Gasteiger partial charge in [0.05, 0.1) is 18.9 Å². The third-order valence-electron chi connectivity index (χ3n) is 4.57. The van der Waals surface area contributed by atoms with Gasteiger partial charge < -0.3 is 25.1 Å². The first-order chi connectivity index (χ1) is 13.7. The molecule has 1 aromatic carbocycles. The molecular weight excluding hydrogens is 356 g/mol. The van der Waals surface area contributed by atoms with Gasteiger partial charge in [0.25, 0.3) is 5.91 Å². The molecule has 1 aliphatic rings. The number of carbonyl (C=O) groups excluding carboxylic acids is 1. The van der Waals surface area contributed by atoms with Crippen LogP contribution in [-0.2, 0) is 0 Å². The summed E-state index contributed by atoms with van der Waals surface area (Å²) in [6.45, 7) is 6.52. The van der Waals surface area contributed by atoms with Crippen molar-refractivity contribution in [2.75, 3.05) is 26.2 Å². The molecule has 0 fully saturated rings. The SMILES string of the molecule is CCNC(=NCCCNC(=O)c1occc1C)NC1CCOc2ccccc21. The fourth-order valence-electron chi connectivity index (χ4n) is 3.13. The maximum atomic E-state index is 12.0. The largest absolute Gasteiger partial charge is 0.493 e. The number of para-hydroxylation sites is 1. The van der Waals surface area contributed by atoms with Crippen LogP contribution in [0.15, 0.2) is 46.0 Å². The van der Waals surface area contributed by atoms with E-state index in [0.29, 0.717) is 25.5 Å². The average molecular weight is 384 g/mol. The quantitative estimate of drug-likeness (QED) is 0.388. The molecule has 7 nitrogen and oxygen atoms in total. The molecule has 0 bridgehead atoms. The van der Waals surface area contributed by atoms with E-state index >= 15 is 0 Å². The monoisotopic (exact) mass is 384 g/mol. The van der Waals surface area contributed by atoms with E-state index < -0.39 is 0 Å². The molecule has 28 heavy (non-hydrogen) atoms. The van der Waals surface area contributed by atoms with E-state index in [1.807, 2.05) is 32.0 Å². The number of aryl methyl sites for hydroxylation is 1. The lowest BCUT2D eigenvalue weighted by molar-refractivity contribution is 0.0925. The Kier molecular flexibility index (Phi) is 6.94. The van der Waals surface area contributed by atoms with Gasteiger partial charge in [-0.05, 0) is 32.4 Å². The van der Waals surface area contributed by atoms with Crippen molar-refractivity contribution in [2.24, 2.45) is 4.99 Å². The van der Waals surface area contributed by atoms with Crippen molar-refractivity contribution >= 4 is 11.9 Å². The lowest BCUT2D eigenvalue weighted by atomic mass is 10.0. The van der Waals surface area contributed by atoms with E-state index in [4.69, 9.17) is 9.15 Å². The number of ether oxygens (including phenoxy) is 1. The molecule has 1 aromatic heterocycles. The van der Waals surface area contributed by atoms with E-state index in [9.17, 15) is 4.79 Å². The summed E-state index contributed by atoms with van der Waals surface area (Å²) >= 11 is 0. The van der Waals surface area contributed by atoms with E-state index in [1.54, 1.807) is 6.07 Å². The van der Waals surface area contributed by atoms with Gasteiger partial charge in [-0.15, -0.1) is 0 Å². The standard InChI is InChI=1S/C21H28N4O3/c1-3-22-21(25-17-10-14-27-18-8-5-4-7-16(17)18)24-12-6-11-23-20(26)19-15(2)9-13-28-19/h4-5,7-9,13,17H,3,6,10-12,14H2,1-2H3,(H,23,26)(H2,22,24,25). The zero-order chi connectivity index (χ0) is 19.8. The molecule has 1 unspecified atom stereocenters. The number of amides is 1. The van der Waals surface area contributed by atoms with Gasteiger partial charge in [0.2, 0.25) is 0 Å². The van der Waals surface area contributed by atoms with Crippen LogP contribution >= 0.6 is 0 Å². The second-order valence-corrected chi connectivity index (χ2v) is 6.67. The lowest BCUT2D eigenvalue weighted by Crippen LogP contribution is -2.41. The van der Waals surface area contributed by atoms with E-state index in [2.05, 4.69) is 27.0 Å².